The van der Waals surface area contributed by atoms with Crippen molar-refractivity contribution in [1.29, 1.82) is 0 Å². The fourth-order valence-corrected chi connectivity index (χ4v) is 3.22. The van der Waals surface area contributed by atoms with Crippen molar-refractivity contribution in [1.82, 2.24) is 15.1 Å². The van der Waals surface area contributed by atoms with Gasteiger partial charge in [-0.15, -0.1) is 0 Å². The largest absolute Gasteiger partial charge is 0.459 e. The Labute approximate surface area is 129 Å². The summed E-state index contributed by atoms with van der Waals surface area (Å²) in [4.78, 5) is 28.1. The van der Waals surface area contributed by atoms with Gasteiger partial charge < -0.3 is 24.3 Å². The molecule has 0 aliphatic carbocycles. The van der Waals surface area contributed by atoms with E-state index >= 15 is 0 Å². The Balaban J connectivity index is 1.67. The number of nitrogens with one attached hydrogen (secondary N) is 1. The molecule has 120 valence electrons. The van der Waals surface area contributed by atoms with Crippen molar-refractivity contribution in [2.75, 3.05) is 33.4 Å². The average molecular weight is 307 g/mol. The van der Waals surface area contributed by atoms with Gasteiger partial charge in [-0.25, -0.2) is 4.79 Å². The molecule has 2 aliphatic heterocycles. The van der Waals surface area contributed by atoms with Crippen LogP contribution in [0.15, 0.2) is 16.7 Å². The number of furan rings is 1. The van der Waals surface area contributed by atoms with Crippen molar-refractivity contribution in [3.63, 3.8) is 0 Å². The highest BCUT2D eigenvalue weighted by Gasteiger charge is 2.43. The van der Waals surface area contributed by atoms with Crippen LogP contribution in [0.3, 0.4) is 0 Å². The maximum atomic E-state index is 12.5. The minimum atomic E-state index is -0.106. The Kier molecular flexibility index (Phi) is 4.06. The zero-order chi connectivity index (χ0) is 15.7. The third-order valence-electron chi connectivity index (χ3n) is 4.43. The predicted molar refractivity (Wildman–Crippen MR) is 78.7 cm³/mol. The van der Waals surface area contributed by atoms with E-state index in [0.29, 0.717) is 32.0 Å². The molecular weight excluding hydrogens is 286 g/mol. The molecule has 3 amide bonds. The minimum Gasteiger partial charge on any atom is -0.459 e. The third kappa shape index (κ3) is 2.56. The molecule has 0 aromatic carbocycles. The van der Waals surface area contributed by atoms with Crippen LogP contribution in [-0.4, -0.2) is 67.2 Å². The summed E-state index contributed by atoms with van der Waals surface area (Å²) < 4.78 is 10.3. The quantitative estimate of drug-likeness (QED) is 0.894. The van der Waals surface area contributed by atoms with Crippen molar-refractivity contribution < 1.29 is 18.7 Å². The number of urea groups is 1. The number of hydrogen-bond acceptors (Lipinski definition) is 4. The number of aryl methyl sites for hydroxylation is 1. The summed E-state index contributed by atoms with van der Waals surface area (Å²) in [5, 5.41) is 2.97. The van der Waals surface area contributed by atoms with Gasteiger partial charge in [-0.3, -0.25) is 4.79 Å². The Bertz CT molecular complexity index is 571. The number of fused-ring (bicyclic) bond motifs is 1. The van der Waals surface area contributed by atoms with Gasteiger partial charge in [0, 0.05) is 32.3 Å². The van der Waals surface area contributed by atoms with Crippen LogP contribution in [0.5, 0.6) is 0 Å². The molecule has 7 nitrogen and oxygen atoms in total. The molecular formula is C15H21N3O4. The molecule has 7 heteroatoms. The first-order valence-electron chi connectivity index (χ1n) is 7.51. The van der Waals surface area contributed by atoms with E-state index in [9.17, 15) is 9.59 Å². The first-order valence-corrected chi connectivity index (χ1v) is 7.51. The molecule has 1 aromatic heterocycles. The number of nitrogens with zero attached hydrogens (tertiary/aromatic N) is 2. The van der Waals surface area contributed by atoms with Crippen LogP contribution in [0, 0.1) is 6.92 Å². The van der Waals surface area contributed by atoms with Crippen LogP contribution in [0.25, 0.3) is 0 Å². The second-order valence-corrected chi connectivity index (χ2v) is 5.78. The summed E-state index contributed by atoms with van der Waals surface area (Å²) in [6.07, 6.45) is 2.29. The monoisotopic (exact) mass is 307 g/mol. The first-order chi connectivity index (χ1) is 10.6. The lowest BCUT2D eigenvalue weighted by molar-refractivity contribution is 0.0611. The standard InChI is InChI=1S/C15H21N3O4/c1-10-4-7-22-13(10)14(19)17-5-3-12-11(9-17)16-15(20)18(12)6-8-21-2/h4,7,11-12H,3,5-6,8-9H2,1-2H3,(H,16,20)/t11-,12+/m1/s1. The lowest BCUT2D eigenvalue weighted by Gasteiger charge is -2.36. The first kappa shape index (κ1) is 14.9. The molecule has 0 radical (unpaired) electrons. The molecule has 1 N–H and O–H groups in total. The van der Waals surface area contributed by atoms with E-state index in [0.717, 1.165) is 12.0 Å². The molecule has 3 heterocycles. The summed E-state index contributed by atoms with van der Waals surface area (Å²) >= 11 is 0. The zero-order valence-corrected chi connectivity index (χ0v) is 12.9. The van der Waals surface area contributed by atoms with E-state index in [1.165, 1.54) is 6.26 Å². The van der Waals surface area contributed by atoms with Crippen molar-refractivity contribution in [2.45, 2.75) is 25.4 Å². The Morgan fingerprint density at radius 1 is 1.55 bits per heavy atom. The highest BCUT2D eigenvalue weighted by molar-refractivity contribution is 5.93. The minimum absolute atomic E-state index is 0.0303. The second kappa shape index (κ2) is 6.00. The van der Waals surface area contributed by atoms with Gasteiger partial charge in [0.1, 0.15) is 0 Å². The molecule has 0 bridgehead atoms. The highest BCUT2D eigenvalue weighted by atomic mass is 16.5. The Morgan fingerprint density at radius 3 is 3.05 bits per heavy atom. The van der Waals surface area contributed by atoms with Crippen LogP contribution < -0.4 is 5.32 Å². The smallest absolute Gasteiger partial charge is 0.318 e. The number of hydrogen-bond donors (Lipinski definition) is 1. The number of amides is 3. The second-order valence-electron chi connectivity index (χ2n) is 5.78. The molecule has 0 saturated carbocycles. The van der Waals surface area contributed by atoms with Crippen molar-refractivity contribution >= 4 is 11.9 Å². The van der Waals surface area contributed by atoms with E-state index in [1.807, 2.05) is 11.8 Å². The Morgan fingerprint density at radius 2 is 2.36 bits per heavy atom. The zero-order valence-electron chi connectivity index (χ0n) is 12.9. The molecule has 2 fully saturated rings. The lowest BCUT2D eigenvalue weighted by atomic mass is 9.99. The number of likely N-dealkylation sites (tertiary alicyclic amines) is 1. The average Bonchev–Trinajstić information content (AvgIpc) is 3.06. The maximum absolute atomic E-state index is 12.5. The van der Waals surface area contributed by atoms with Crippen molar-refractivity contribution in [2.24, 2.45) is 0 Å². The number of methoxy groups -OCH3 is 1. The number of carbonyl (C=O) groups excluding carboxylic acids is 2. The number of carbonyl (C=O) groups is 2. The summed E-state index contributed by atoms with van der Waals surface area (Å²) in [6.45, 7) is 4.09. The van der Waals surface area contributed by atoms with E-state index in [4.69, 9.17) is 9.15 Å². The van der Waals surface area contributed by atoms with Gasteiger partial charge in [-0.1, -0.05) is 0 Å². The number of ether oxygens (including phenoxy) is 1. The van der Waals surface area contributed by atoms with Gasteiger partial charge in [-0.05, 0) is 19.4 Å². The molecule has 2 aliphatic rings. The van der Waals surface area contributed by atoms with E-state index < -0.39 is 0 Å². The molecule has 3 rings (SSSR count). The summed E-state index contributed by atoms with van der Waals surface area (Å²) in [5.74, 6) is 0.282. The van der Waals surface area contributed by atoms with Gasteiger partial charge >= 0.3 is 6.03 Å². The van der Waals surface area contributed by atoms with Gasteiger partial charge in [0.15, 0.2) is 5.76 Å². The van der Waals surface area contributed by atoms with Gasteiger partial charge in [0.2, 0.25) is 0 Å². The van der Waals surface area contributed by atoms with Gasteiger partial charge in [0.25, 0.3) is 5.91 Å². The van der Waals surface area contributed by atoms with Crippen molar-refractivity contribution in [3.05, 3.63) is 23.7 Å². The van der Waals surface area contributed by atoms with Crippen molar-refractivity contribution in [3.8, 4) is 0 Å². The molecule has 0 spiro atoms. The van der Waals surface area contributed by atoms with Crippen LogP contribution in [-0.2, 0) is 4.74 Å². The molecule has 22 heavy (non-hydrogen) atoms. The number of rotatable bonds is 4. The van der Waals surface area contributed by atoms with Gasteiger partial charge in [-0.2, -0.15) is 0 Å². The molecule has 1 aromatic rings. The number of piperidine rings is 1. The van der Waals surface area contributed by atoms with E-state index in [1.54, 1.807) is 18.1 Å². The lowest BCUT2D eigenvalue weighted by Crippen LogP contribution is -2.53. The van der Waals surface area contributed by atoms with Crippen LogP contribution in [0.1, 0.15) is 22.5 Å². The van der Waals surface area contributed by atoms with E-state index in [-0.39, 0.29) is 24.0 Å². The molecule has 2 saturated heterocycles. The highest BCUT2D eigenvalue weighted by Crippen LogP contribution is 2.24. The van der Waals surface area contributed by atoms with Crippen LogP contribution in [0.2, 0.25) is 0 Å². The molecule has 0 unspecified atom stereocenters. The fourth-order valence-electron chi connectivity index (χ4n) is 3.22. The van der Waals surface area contributed by atoms with Crippen LogP contribution in [0.4, 0.5) is 4.79 Å². The Hall–Kier alpha value is -2.02. The maximum Gasteiger partial charge on any atom is 0.318 e. The van der Waals surface area contributed by atoms with E-state index in [2.05, 4.69) is 5.32 Å². The third-order valence-corrected chi connectivity index (χ3v) is 4.43. The normalized spacial score (nSPS) is 24.4. The summed E-state index contributed by atoms with van der Waals surface area (Å²) in [5.41, 5.74) is 0.837. The summed E-state index contributed by atoms with van der Waals surface area (Å²) in [6, 6.07) is 1.81. The van der Waals surface area contributed by atoms with Crippen LogP contribution >= 0.6 is 0 Å². The molecule has 2 atom stereocenters. The fraction of sp³-hybridized carbons (Fsp3) is 0.600. The predicted octanol–water partition coefficient (Wildman–Crippen LogP) is 0.843. The topological polar surface area (TPSA) is 75.0 Å². The summed E-state index contributed by atoms with van der Waals surface area (Å²) in [7, 11) is 1.62. The van der Waals surface area contributed by atoms with Gasteiger partial charge in [0.05, 0.1) is 25.0 Å². The SMILES string of the molecule is COCCN1C(=O)N[C@@H]2CN(C(=O)c3occc3C)CC[C@@H]21.